The molecule has 1 saturated heterocycles. The van der Waals surface area contributed by atoms with Crippen molar-refractivity contribution < 1.29 is 19.1 Å². The Hall–Kier alpha value is -4.72. The smallest absolute Gasteiger partial charge is 0.257 e. The van der Waals surface area contributed by atoms with E-state index < -0.39 is 11.9 Å². The number of hydrogen-bond donors (Lipinski definition) is 2. The Labute approximate surface area is 238 Å². The molecule has 2 aromatic heterocycles. The number of piperidine rings is 1. The quantitative estimate of drug-likeness (QED) is 0.422. The van der Waals surface area contributed by atoms with Gasteiger partial charge in [0.05, 0.1) is 25.4 Å². The molecule has 0 radical (unpaired) electrons. The SMILES string of the molecule is C#CCNC(=O)C[C@@H]1CCN2C[C@@H]1CCOc1ncccc1C(=O)N[C@H](Cc1cn(Cc3ccccc3)nn1)C2=O. The molecule has 1 aromatic carbocycles. The Bertz CT molecular complexity index is 1420. The molecule has 3 atom stereocenters. The molecule has 0 saturated carbocycles. The van der Waals surface area contributed by atoms with E-state index in [0.29, 0.717) is 51.2 Å². The van der Waals surface area contributed by atoms with Crippen molar-refractivity contribution in [3.05, 3.63) is 71.7 Å². The topological polar surface area (TPSA) is 131 Å². The monoisotopic (exact) mass is 555 g/mol. The van der Waals surface area contributed by atoms with Gasteiger partial charge < -0.3 is 20.3 Å². The van der Waals surface area contributed by atoms with E-state index in [1.54, 1.807) is 34.1 Å². The molecular formula is C30H33N7O4. The Kier molecular flexibility index (Phi) is 8.89. The third-order valence-corrected chi connectivity index (χ3v) is 7.57. The van der Waals surface area contributed by atoms with Crippen LogP contribution in [0.1, 0.15) is 40.9 Å². The minimum Gasteiger partial charge on any atom is -0.477 e. The second-order valence-corrected chi connectivity index (χ2v) is 10.4. The lowest BCUT2D eigenvalue weighted by atomic mass is 9.80. The number of ether oxygens (including phenoxy) is 1. The summed E-state index contributed by atoms with van der Waals surface area (Å²) in [5.74, 6) is 1.99. The summed E-state index contributed by atoms with van der Waals surface area (Å²) in [6, 6.07) is 12.3. The number of fused-ring (bicyclic) bond motifs is 3. The fraction of sp³-hybridized carbons (Fsp3) is 0.400. The van der Waals surface area contributed by atoms with Crippen molar-refractivity contribution in [2.75, 3.05) is 26.2 Å². The van der Waals surface area contributed by atoms with Crippen LogP contribution in [0.2, 0.25) is 0 Å². The summed E-state index contributed by atoms with van der Waals surface area (Å²) in [6.07, 6.45) is 10.4. The second kappa shape index (κ2) is 13.1. The molecule has 2 bridgehead atoms. The van der Waals surface area contributed by atoms with Gasteiger partial charge in [-0.3, -0.25) is 14.4 Å². The molecule has 2 aliphatic rings. The zero-order valence-electron chi connectivity index (χ0n) is 22.7. The second-order valence-electron chi connectivity index (χ2n) is 10.4. The molecule has 212 valence electrons. The molecule has 0 spiro atoms. The van der Waals surface area contributed by atoms with Gasteiger partial charge >= 0.3 is 0 Å². The van der Waals surface area contributed by atoms with Crippen LogP contribution < -0.4 is 15.4 Å². The summed E-state index contributed by atoms with van der Waals surface area (Å²) in [7, 11) is 0. The molecule has 3 amide bonds. The van der Waals surface area contributed by atoms with Crippen LogP contribution in [0, 0.1) is 24.2 Å². The predicted octanol–water partition coefficient (Wildman–Crippen LogP) is 1.45. The summed E-state index contributed by atoms with van der Waals surface area (Å²) < 4.78 is 7.67. The maximum atomic E-state index is 13.9. The first-order chi connectivity index (χ1) is 20.0. The van der Waals surface area contributed by atoms with Crippen molar-refractivity contribution in [3.8, 4) is 18.2 Å². The van der Waals surface area contributed by atoms with Gasteiger partial charge in [-0.15, -0.1) is 11.5 Å². The standard InChI is InChI=1S/C30H33N7O4/c1-2-12-31-27(38)16-22-10-14-36-19-23(22)11-15-41-29-25(9-6-13-32-29)28(39)33-26(30(36)40)17-24-20-37(35-34-24)18-21-7-4-3-5-8-21/h1,3-9,13,20,22-23,26H,10-12,14-19H2,(H,31,38)(H,33,39)/t22-,23-,26+/m0/s1. The van der Waals surface area contributed by atoms with E-state index in [9.17, 15) is 14.4 Å². The molecular weight excluding hydrogens is 522 g/mol. The van der Waals surface area contributed by atoms with Crippen molar-refractivity contribution in [3.63, 3.8) is 0 Å². The first kappa shape index (κ1) is 27.8. The van der Waals surface area contributed by atoms with Crippen LogP contribution in [0.25, 0.3) is 0 Å². The van der Waals surface area contributed by atoms with Gasteiger partial charge in [0.15, 0.2) is 0 Å². The Morgan fingerprint density at radius 2 is 2.02 bits per heavy atom. The highest BCUT2D eigenvalue weighted by Crippen LogP contribution is 2.30. The molecule has 2 aliphatic heterocycles. The van der Waals surface area contributed by atoms with Gasteiger partial charge in [-0.2, -0.15) is 0 Å². The number of carbonyl (C=O) groups is 3. The van der Waals surface area contributed by atoms with Crippen molar-refractivity contribution in [2.24, 2.45) is 11.8 Å². The number of aromatic nitrogens is 4. The molecule has 0 unspecified atom stereocenters. The molecule has 11 heteroatoms. The van der Waals surface area contributed by atoms with Crippen LogP contribution in [0.15, 0.2) is 54.9 Å². The fourth-order valence-corrected chi connectivity index (χ4v) is 5.47. The fourth-order valence-electron chi connectivity index (χ4n) is 5.47. The average Bonchev–Trinajstić information content (AvgIpc) is 3.42. The lowest BCUT2D eigenvalue weighted by molar-refractivity contribution is -0.136. The Morgan fingerprint density at radius 1 is 1.17 bits per heavy atom. The highest BCUT2D eigenvalue weighted by atomic mass is 16.5. The van der Waals surface area contributed by atoms with E-state index in [1.807, 2.05) is 30.3 Å². The predicted molar refractivity (Wildman–Crippen MR) is 150 cm³/mol. The number of nitrogens with one attached hydrogen (secondary N) is 2. The number of amides is 3. The van der Waals surface area contributed by atoms with E-state index in [4.69, 9.17) is 11.2 Å². The maximum Gasteiger partial charge on any atom is 0.257 e. The zero-order chi connectivity index (χ0) is 28.6. The molecule has 5 rings (SSSR count). The lowest BCUT2D eigenvalue weighted by Gasteiger charge is -2.40. The molecule has 41 heavy (non-hydrogen) atoms. The third-order valence-electron chi connectivity index (χ3n) is 7.57. The van der Waals surface area contributed by atoms with Gasteiger partial charge in [0, 0.05) is 38.3 Å². The molecule has 11 nitrogen and oxygen atoms in total. The number of nitrogens with zero attached hydrogens (tertiary/aromatic N) is 5. The van der Waals surface area contributed by atoms with E-state index in [2.05, 4.69) is 31.9 Å². The molecule has 4 heterocycles. The highest BCUT2D eigenvalue weighted by Gasteiger charge is 2.36. The minimum atomic E-state index is -0.868. The van der Waals surface area contributed by atoms with Crippen molar-refractivity contribution in [1.82, 2.24) is 35.5 Å². The van der Waals surface area contributed by atoms with Crippen LogP contribution in [0.5, 0.6) is 5.88 Å². The Morgan fingerprint density at radius 3 is 2.85 bits per heavy atom. The summed E-state index contributed by atoms with van der Waals surface area (Å²) in [5.41, 5.74) is 1.92. The maximum absolute atomic E-state index is 13.9. The van der Waals surface area contributed by atoms with E-state index in [1.165, 1.54) is 0 Å². The van der Waals surface area contributed by atoms with Gasteiger partial charge in [0.25, 0.3) is 5.91 Å². The van der Waals surface area contributed by atoms with Crippen LogP contribution in [-0.2, 0) is 22.6 Å². The summed E-state index contributed by atoms with van der Waals surface area (Å²) in [6.45, 7) is 1.97. The number of hydrogen-bond acceptors (Lipinski definition) is 7. The summed E-state index contributed by atoms with van der Waals surface area (Å²) in [4.78, 5) is 45.8. The van der Waals surface area contributed by atoms with E-state index >= 15 is 0 Å². The largest absolute Gasteiger partial charge is 0.477 e. The third kappa shape index (κ3) is 7.08. The van der Waals surface area contributed by atoms with Gasteiger partial charge in [-0.05, 0) is 42.4 Å². The Balaban J connectivity index is 1.37. The van der Waals surface area contributed by atoms with Gasteiger partial charge in [0.2, 0.25) is 17.7 Å². The molecule has 0 aliphatic carbocycles. The first-order valence-corrected chi connectivity index (χ1v) is 13.8. The molecule has 2 N–H and O–H groups in total. The van der Waals surface area contributed by atoms with Gasteiger partial charge in [-0.1, -0.05) is 41.5 Å². The summed E-state index contributed by atoms with van der Waals surface area (Å²) in [5, 5.41) is 14.2. The summed E-state index contributed by atoms with van der Waals surface area (Å²) >= 11 is 0. The van der Waals surface area contributed by atoms with Gasteiger partial charge in [-0.25, -0.2) is 9.67 Å². The number of rotatable bonds is 7. The van der Waals surface area contributed by atoms with Crippen LogP contribution in [0.3, 0.4) is 0 Å². The first-order valence-electron chi connectivity index (χ1n) is 13.8. The number of carbonyl (C=O) groups excluding carboxylic acids is 3. The van der Waals surface area contributed by atoms with E-state index in [-0.39, 0.29) is 48.1 Å². The van der Waals surface area contributed by atoms with E-state index in [0.717, 1.165) is 5.56 Å². The zero-order valence-corrected chi connectivity index (χ0v) is 22.7. The van der Waals surface area contributed by atoms with Crippen LogP contribution in [0.4, 0.5) is 0 Å². The highest BCUT2D eigenvalue weighted by molar-refractivity contribution is 5.99. The van der Waals surface area contributed by atoms with Crippen molar-refractivity contribution >= 4 is 17.7 Å². The van der Waals surface area contributed by atoms with Crippen LogP contribution in [-0.4, -0.2) is 74.9 Å². The normalized spacial score (nSPS) is 20.9. The van der Waals surface area contributed by atoms with Crippen molar-refractivity contribution in [1.29, 1.82) is 0 Å². The van der Waals surface area contributed by atoms with Crippen molar-refractivity contribution in [2.45, 2.75) is 38.3 Å². The van der Waals surface area contributed by atoms with Gasteiger partial charge in [0.1, 0.15) is 11.6 Å². The average molecular weight is 556 g/mol. The van der Waals surface area contributed by atoms with Crippen LogP contribution >= 0.6 is 0 Å². The number of terminal acetylenes is 1. The lowest BCUT2D eigenvalue weighted by Crippen LogP contribution is -2.54. The number of benzene rings is 1. The molecule has 1 fully saturated rings. The minimum absolute atomic E-state index is 0.0268. The molecule has 3 aromatic rings. The number of pyridine rings is 1.